The highest BCUT2D eigenvalue weighted by molar-refractivity contribution is 5.85. The Balaban J connectivity index is 1.65. The molecule has 5 nitrogen and oxygen atoms in total. The number of benzene rings is 1. The standard InChI is InChI=1S/C14H18N2O3/c17-13(19-10-11-5-2-1-3-6-11)9-16-14(18)12-7-4-8-15-12/h1-3,5-6,12,15H,4,7-10H2,(H,16,18). The number of ether oxygens (including phenoxy) is 1. The van der Waals surface area contributed by atoms with Crippen LogP contribution in [-0.2, 0) is 20.9 Å². The third kappa shape index (κ3) is 4.37. The minimum Gasteiger partial charge on any atom is -0.460 e. The molecule has 1 amide bonds. The van der Waals surface area contributed by atoms with Crippen LogP contribution >= 0.6 is 0 Å². The van der Waals surface area contributed by atoms with E-state index in [0.717, 1.165) is 24.9 Å². The van der Waals surface area contributed by atoms with Crippen molar-refractivity contribution >= 4 is 11.9 Å². The normalized spacial score (nSPS) is 18.0. The highest BCUT2D eigenvalue weighted by Gasteiger charge is 2.22. The molecule has 0 bridgehead atoms. The molecule has 2 rings (SSSR count). The van der Waals surface area contributed by atoms with E-state index in [9.17, 15) is 9.59 Å². The molecule has 0 saturated carbocycles. The van der Waals surface area contributed by atoms with Gasteiger partial charge in [-0.15, -0.1) is 0 Å². The van der Waals surface area contributed by atoms with Crippen molar-refractivity contribution in [3.8, 4) is 0 Å². The van der Waals surface area contributed by atoms with E-state index < -0.39 is 5.97 Å². The van der Waals surface area contributed by atoms with E-state index >= 15 is 0 Å². The van der Waals surface area contributed by atoms with Gasteiger partial charge >= 0.3 is 5.97 Å². The van der Waals surface area contributed by atoms with Gasteiger partial charge in [0.05, 0.1) is 6.04 Å². The number of carbonyl (C=O) groups is 2. The summed E-state index contributed by atoms with van der Waals surface area (Å²) in [6.07, 6.45) is 1.82. The maximum Gasteiger partial charge on any atom is 0.325 e. The summed E-state index contributed by atoms with van der Waals surface area (Å²) >= 11 is 0. The van der Waals surface area contributed by atoms with Gasteiger partial charge in [0, 0.05) is 0 Å². The SMILES string of the molecule is O=C(CNC(=O)C1CCCN1)OCc1ccccc1. The van der Waals surface area contributed by atoms with Gasteiger partial charge < -0.3 is 15.4 Å². The van der Waals surface area contributed by atoms with Crippen molar-refractivity contribution in [1.82, 2.24) is 10.6 Å². The zero-order valence-corrected chi connectivity index (χ0v) is 10.7. The summed E-state index contributed by atoms with van der Waals surface area (Å²) in [5, 5.41) is 5.66. The summed E-state index contributed by atoms with van der Waals surface area (Å²) in [4.78, 5) is 23.1. The molecule has 1 aromatic rings. The molecule has 102 valence electrons. The monoisotopic (exact) mass is 262 g/mol. The maximum absolute atomic E-state index is 11.6. The number of rotatable bonds is 5. The highest BCUT2D eigenvalue weighted by atomic mass is 16.5. The zero-order chi connectivity index (χ0) is 13.5. The third-order valence-electron chi connectivity index (χ3n) is 3.03. The number of hydrogen-bond donors (Lipinski definition) is 2. The van der Waals surface area contributed by atoms with E-state index in [0.29, 0.717) is 0 Å². The lowest BCUT2D eigenvalue weighted by Gasteiger charge is -2.10. The first-order chi connectivity index (χ1) is 9.25. The predicted molar refractivity (Wildman–Crippen MR) is 70.3 cm³/mol. The van der Waals surface area contributed by atoms with Crippen LogP contribution in [0.25, 0.3) is 0 Å². The second-order valence-electron chi connectivity index (χ2n) is 4.51. The van der Waals surface area contributed by atoms with Gasteiger partial charge in [-0.05, 0) is 24.9 Å². The Hall–Kier alpha value is -1.88. The van der Waals surface area contributed by atoms with E-state index in [1.807, 2.05) is 30.3 Å². The van der Waals surface area contributed by atoms with Crippen LogP contribution < -0.4 is 10.6 Å². The van der Waals surface area contributed by atoms with Gasteiger partial charge in [-0.2, -0.15) is 0 Å². The first kappa shape index (κ1) is 13.5. The molecular formula is C14H18N2O3. The van der Waals surface area contributed by atoms with Crippen LogP contribution in [0.1, 0.15) is 18.4 Å². The van der Waals surface area contributed by atoms with E-state index in [1.54, 1.807) is 0 Å². The zero-order valence-electron chi connectivity index (χ0n) is 10.7. The summed E-state index contributed by atoms with van der Waals surface area (Å²) in [5.74, 6) is -0.552. The van der Waals surface area contributed by atoms with Crippen LogP contribution in [0.15, 0.2) is 30.3 Å². The largest absolute Gasteiger partial charge is 0.460 e. The average molecular weight is 262 g/mol. The molecule has 1 aromatic carbocycles. The van der Waals surface area contributed by atoms with Crippen LogP contribution in [0.3, 0.4) is 0 Å². The van der Waals surface area contributed by atoms with E-state index in [2.05, 4.69) is 10.6 Å². The molecular weight excluding hydrogens is 244 g/mol. The molecule has 0 spiro atoms. The molecule has 1 atom stereocenters. The molecule has 1 aliphatic rings. The first-order valence-electron chi connectivity index (χ1n) is 6.46. The maximum atomic E-state index is 11.6. The van der Waals surface area contributed by atoms with Gasteiger partial charge in [-0.3, -0.25) is 9.59 Å². The summed E-state index contributed by atoms with van der Waals surface area (Å²) < 4.78 is 5.07. The molecule has 1 aliphatic heterocycles. The Morgan fingerprint density at radius 1 is 1.32 bits per heavy atom. The number of nitrogens with one attached hydrogen (secondary N) is 2. The Kier molecular flexibility index (Phi) is 4.92. The Morgan fingerprint density at radius 3 is 2.79 bits per heavy atom. The topological polar surface area (TPSA) is 67.4 Å². The minimum absolute atomic E-state index is 0.0795. The van der Waals surface area contributed by atoms with Gasteiger partial charge in [0.2, 0.25) is 5.91 Å². The van der Waals surface area contributed by atoms with Gasteiger partial charge in [-0.25, -0.2) is 0 Å². The van der Waals surface area contributed by atoms with Crippen LogP contribution in [0.5, 0.6) is 0 Å². The van der Waals surface area contributed by atoms with Crippen LogP contribution in [-0.4, -0.2) is 31.0 Å². The Bertz CT molecular complexity index is 428. The fraction of sp³-hybridized carbons (Fsp3) is 0.429. The smallest absolute Gasteiger partial charge is 0.325 e. The second-order valence-corrected chi connectivity index (χ2v) is 4.51. The van der Waals surface area contributed by atoms with Gasteiger partial charge in [0.15, 0.2) is 0 Å². The van der Waals surface area contributed by atoms with Gasteiger partial charge in [0.25, 0.3) is 0 Å². The molecule has 1 saturated heterocycles. The molecule has 2 N–H and O–H groups in total. The molecule has 0 radical (unpaired) electrons. The molecule has 0 aromatic heterocycles. The van der Waals surface area contributed by atoms with Crippen LogP contribution in [0.4, 0.5) is 0 Å². The summed E-state index contributed by atoms with van der Waals surface area (Å²) in [7, 11) is 0. The van der Waals surface area contributed by atoms with Crippen molar-refractivity contribution in [3.05, 3.63) is 35.9 Å². The molecule has 1 unspecified atom stereocenters. The number of amides is 1. The number of esters is 1. The van der Waals surface area contributed by atoms with E-state index in [4.69, 9.17) is 4.74 Å². The Morgan fingerprint density at radius 2 is 2.11 bits per heavy atom. The lowest BCUT2D eigenvalue weighted by molar-refractivity contribution is -0.145. The predicted octanol–water partition coefficient (Wildman–Crippen LogP) is 0.598. The highest BCUT2D eigenvalue weighted by Crippen LogP contribution is 2.04. The second kappa shape index (κ2) is 6.89. The average Bonchev–Trinajstić information content (AvgIpc) is 2.98. The molecule has 1 heterocycles. The van der Waals surface area contributed by atoms with E-state index in [-0.39, 0.29) is 25.1 Å². The lowest BCUT2D eigenvalue weighted by atomic mass is 10.2. The summed E-state index contributed by atoms with van der Waals surface area (Å²) in [5.41, 5.74) is 0.930. The molecule has 5 heteroatoms. The summed E-state index contributed by atoms with van der Waals surface area (Å²) in [6, 6.07) is 9.28. The number of carbonyl (C=O) groups excluding carboxylic acids is 2. The van der Waals surface area contributed by atoms with Crippen LogP contribution in [0.2, 0.25) is 0 Å². The third-order valence-corrected chi connectivity index (χ3v) is 3.03. The lowest BCUT2D eigenvalue weighted by Crippen LogP contribution is -2.42. The quantitative estimate of drug-likeness (QED) is 0.762. The fourth-order valence-corrected chi connectivity index (χ4v) is 1.98. The first-order valence-corrected chi connectivity index (χ1v) is 6.46. The van der Waals surface area contributed by atoms with Crippen molar-refractivity contribution in [2.24, 2.45) is 0 Å². The summed E-state index contributed by atoms with van der Waals surface area (Å²) in [6.45, 7) is 1.01. The van der Waals surface area contributed by atoms with Crippen LogP contribution in [0, 0.1) is 0 Å². The molecule has 1 fully saturated rings. The molecule has 0 aliphatic carbocycles. The van der Waals surface area contributed by atoms with Crippen molar-refractivity contribution in [2.45, 2.75) is 25.5 Å². The van der Waals surface area contributed by atoms with E-state index in [1.165, 1.54) is 0 Å². The molecule has 19 heavy (non-hydrogen) atoms. The Labute approximate surface area is 112 Å². The van der Waals surface area contributed by atoms with Gasteiger partial charge in [-0.1, -0.05) is 30.3 Å². The van der Waals surface area contributed by atoms with Crippen molar-refractivity contribution in [2.75, 3.05) is 13.1 Å². The number of hydrogen-bond acceptors (Lipinski definition) is 4. The van der Waals surface area contributed by atoms with Crippen molar-refractivity contribution in [3.63, 3.8) is 0 Å². The minimum atomic E-state index is -0.421. The fourth-order valence-electron chi connectivity index (χ4n) is 1.98. The van der Waals surface area contributed by atoms with Crippen molar-refractivity contribution in [1.29, 1.82) is 0 Å². The van der Waals surface area contributed by atoms with Gasteiger partial charge in [0.1, 0.15) is 13.2 Å². The van der Waals surface area contributed by atoms with Crippen molar-refractivity contribution < 1.29 is 14.3 Å².